The molecule has 0 bridgehead atoms. The van der Waals surface area contributed by atoms with E-state index >= 15 is 0 Å². The molecule has 0 spiro atoms. The first-order chi connectivity index (χ1) is 12.9. The van der Waals surface area contributed by atoms with Gasteiger partial charge in [-0.25, -0.2) is 0 Å². The van der Waals surface area contributed by atoms with Crippen LogP contribution in [0.15, 0.2) is 0 Å². The van der Waals surface area contributed by atoms with E-state index in [0.29, 0.717) is 26.4 Å². The predicted molar refractivity (Wildman–Crippen MR) is 101 cm³/mol. The van der Waals surface area contributed by atoms with Gasteiger partial charge >= 0.3 is 7.60 Å². The monoisotopic (exact) mass is 416 g/mol. The van der Waals surface area contributed by atoms with Crippen molar-refractivity contribution >= 4 is 7.60 Å². The first-order valence-corrected chi connectivity index (χ1v) is 11.3. The van der Waals surface area contributed by atoms with Crippen molar-refractivity contribution in [3.8, 4) is 0 Å². The van der Waals surface area contributed by atoms with Gasteiger partial charge in [0.2, 0.25) is 0 Å². The molecule has 0 aromatic rings. The second kappa shape index (κ2) is 18.0. The van der Waals surface area contributed by atoms with Gasteiger partial charge in [0, 0.05) is 13.2 Å². The van der Waals surface area contributed by atoms with Crippen molar-refractivity contribution in [2.24, 2.45) is 0 Å². The van der Waals surface area contributed by atoms with Crippen molar-refractivity contribution < 1.29 is 43.1 Å². The predicted octanol–water partition coefficient (Wildman–Crippen LogP) is 1.53. The van der Waals surface area contributed by atoms with E-state index in [9.17, 15) is 14.6 Å². The van der Waals surface area contributed by atoms with Crippen LogP contribution < -0.4 is 0 Å². The molecule has 10 heteroatoms. The number of aliphatic hydroxyl groups is 2. The van der Waals surface area contributed by atoms with Gasteiger partial charge in [-0.15, -0.1) is 0 Å². The Hall–Kier alpha value is -0.0900. The molecule has 0 aliphatic carbocycles. The molecule has 3 N–H and O–H groups in total. The molecule has 9 nitrogen and oxygen atoms in total. The molecule has 0 saturated heterocycles. The Morgan fingerprint density at radius 3 is 1.85 bits per heavy atom. The van der Waals surface area contributed by atoms with Crippen LogP contribution in [0.25, 0.3) is 0 Å². The fraction of sp³-hybridized carbons (Fsp3) is 1.00. The quantitative estimate of drug-likeness (QED) is 0.154. The lowest BCUT2D eigenvalue weighted by molar-refractivity contribution is -0.172. The average Bonchev–Trinajstić information content (AvgIpc) is 2.64. The third-order valence-electron chi connectivity index (χ3n) is 3.41. The van der Waals surface area contributed by atoms with E-state index in [1.54, 1.807) is 0 Å². The van der Waals surface area contributed by atoms with E-state index in [1.807, 2.05) is 0 Å². The third kappa shape index (κ3) is 17.7. The van der Waals surface area contributed by atoms with Gasteiger partial charge in [-0.1, -0.05) is 26.7 Å². The van der Waals surface area contributed by atoms with Gasteiger partial charge in [0.1, 0.15) is 6.61 Å². The Bertz CT molecular complexity index is 354. The van der Waals surface area contributed by atoms with Crippen LogP contribution in [0.1, 0.15) is 39.5 Å². The molecule has 0 aromatic carbocycles. The summed E-state index contributed by atoms with van der Waals surface area (Å²) in [4.78, 5) is 9.70. The maximum Gasteiger partial charge on any atom is 0.330 e. The summed E-state index contributed by atoms with van der Waals surface area (Å²) in [7, 11) is -4.06. The number of rotatable bonds is 20. The molecule has 0 aromatic heterocycles. The molecule has 2 unspecified atom stereocenters. The van der Waals surface area contributed by atoms with Crippen LogP contribution in [0.3, 0.4) is 0 Å². The molecule has 0 amide bonds. The van der Waals surface area contributed by atoms with Crippen molar-refractivity contribution in [1.82, 2.24) is 0 Å². The second-order valence-electron chi connectivity index (χ2n) is 6.06. The molecule has 0 saturated carbocycles. The summed E-state index contributed by atoms with van der Waals surface area (Å²) in [5, 5.41) is 18.1. The highest BCUT2D eigenvalue weighted by Gasteiger charge is 2.26. The first-order valence-electron chi connectivity index (χ1n) is 9.59. The minimum absolute atomic E-state index is 0.253. The highest BCUT2D eigenvalue weighted by atomic mass is 31.2. The summed E-state index contributed by atoms with van der Waals surface area (Å²) in [5.41, 5.74) is 0. The standard InChI is InChI=1S/C17H37O9P/c1-3-5-7-22-9-11-24-17(25-12-10-23-8-6-4-2)14-26-27(20,21)15-16(19)13-18/h16-19H,3-15H2,1-2H3,(H,20,21). The van der Waals surface area contributed by atoms with Crippen LogP contribution in [0.5, 0.6) is 0 Å². The molecule has 0 heterocycles. The van der Waals surface area contributed by atoms with E-state index in [4.69, 9.17) is 28.6 Å². The summed E-state index contributed by atoms with van der Waals surface area (Å²) in [5.74, 6) is 0. The lowest BCUT2D eigenvalue weighted by atomic mass is 10.4. The maximum atomic E-state index is 11.9. The Balaban J connectivity index is 4.22. The largest absolute Gasteiger partial charge is 0.394 e. The zero-order valence-corrected chi connectivity index (χ0v) is 17.5. The maximum absolute atomic E-state index is 11.9. The zero-order chi connectivity index (χ0) is 20.4. The minimum Gasteiger partial charge on any atom is -0.394 e. The summed E-state index contributed by atoms with van der Waals surface area (Å²) >= 11 is 0. The van der Waals surface area contributed by atoms with E-state index in [2.05, 4.69) is 13.8 Å². The number of unbranched alkanes of at least 4 members (excludes halogenated alkanes) is 2. The second-order valence-corrected chi connectivity index (χ2v) is 7.95. The van der Waals surface area contributed by atoms with Crippen molar-refractivity contribution in [3.05, 3.63) is 0 Å². The van der Waals surface area contributed by atoms with E-state index < -0.39 is 32.8 Å². The highest BCUT2D eigenvalue weighted by molar-refractivity contribution is 7.52. The number of hydrogen-bond acceptors (Lipinski definition) is 8. The van der Waals surface area contributed by atoms with Gasteiger partial charge < -0.3 is 38.6 Å². The van der Waals surface area contributed by atoms with Crippen molar-refractivity contribution in [3.63, 3.8) is 0 Å². The molecule has 0 aliphatic heterocycles. The Labute approximate surface area is 162 Å². The number of aliphatic hydroxyl groups excluding tert-OH is 2. The summed E-state index contributed by atoms with van der Waals surface area (Å²) in [6.45, 7) is 5.82. The summed E-state index contributed by atoms with van der Waals surface area (Å²) in [6.07, 6.45) is 1.30. The molecule has 27 heavy (non-hydrogen) atoms. The van der Waals surface area contributed by atoms with Gasteiger partial charge in [-0.05, 0) is 12.8 Å². The fourth-order valence-corrected chi connectivity index (χ4v) is 2.98. The molecule has 0 aliphatic rings. The Morgan fingerprint density at radius 1 is 0.889 bits per heavy atom. The first kappa shape index (κ1) is 26.9. The normalized spacial score (nSPS) is 15.2. The lowest BCUT2D eigenvalue weighted by Gasteiger charge is -2.21. The van der Waals surface area contributed by atoms with Gasteiger partial charge in [0.05, 0.1) is 45.3 Å². The van der Waals surface area contributed by atoms with Crippen LogP contribution in [0, 0.1) is 0 Å². The van der Waals surface area contributed by atoms with Gasteiger partial charge in [0.15, 0.2) is 6.29 Å². The molecular weight excluding hydrogens is 379 g/mol. The topological polar surface area (TPSA) is 124 Å². The molecule has 0 fully saturated rings. The van der Waals surface area contributed by atoms with Crippen molar-refractivity contribution in [2.45, 2.75) is 51.9 Å². The smallest absolute Gasteiger partial charge is 0.330 e. The van der Waals surface area contributed by atoms with Crippen molar-refractivity contribution in [1.29, 1.82) is 0 Å². The minimum atomic E-state index is -4.06. The molecule has 0 rings (SSSR count). The number of ether oxygens (including phenoxy) is 4. The highest BCUT2D eigenvalue weighted by Crippen LogP contribution is 2.42. The summed E-state index contributed by atoms with van der Waals surface area (Å²) in [6, 6.07) is 0. The fourth-order valence-electron chi connectivity index (χ4n) is 1.87. The van der Waals surface area contributed by atoms with Crippen LogP contribution in [0.4, 0.5) is 0 Å². The van der Waals surface area contributed by atoms with Gasteiger partial charge in [0.25, 0.3) is 0 Å². The Kier molecular flexibility index (Phi) is 17.9. The molecule has 2 atom stereocenters. The SMILES string of the molecule is CCCCOCCOC(COP(=O)(O)CC(O)CO)OCCOCCCC. The Morgan fingerprint density at radius 2 is 1.41 bits per heavy atom. The summed E-state index contributed by atoms with van der Waals surface area (Å²) < 4.78 is 38.7. The zero-order valence-electron chi connectivity index (χ0n) is 16.6. The van der Waals surface area contributed by atoms with Gasteiger partial charge in [-0.3, -0.25) is 4.57 Å². The number of hydrogen-bond donors (Lipinski definition) is 3. The van der Waals surface area contributed by atoms with Crippen LogP contribution >= 0.6 is 7.60 Å². The molecule has 0 radical (unpaired) electrons. The molecular formula is C17H37O9P. The van der Waals surface area contributed by atoms with Crippen LogP contribution in [-0.4, -0.2) is 86.5 Å². The average molecular weight is 416 g/mol. The van der Waals surface area contributed by atoms with Crippen LogP contribution in [0.2, 0.25) is 0 Å². The van der Waals surface area contributed by atoms with Crippen molar-refractivity contribution in [2.75, 3.05) is 59.0 Å². The lowest BCUT2D eigenvalue weighted by Crippen LogP contribution is -2.27. The van der Waals surface area contributed by atoms with E-state index in [0.717, 1.165) is 25.7 Å². The van der Waals surface area contributed by atoms with Crippen LogP contribution in [-0.2, 0) is 28.0 Å². The van der Waals surface area contributed by atoms with Gasteiger partial charge in [-0.2, -0.15) is 0 Å². The van der Waals surface area contributed by atoms with E-state index in [-0.39, 0.29) is 19.8 Å². The molecule has 164 valence electrons. The third-order valence-corrected chi connectivity index (χ3v) is 4.85. The van der Waals surface area contributed by atoms with E-state index in [1.165, 1.54) is 0 Å².